The molecule has 1 N–H and O–H groups in total. The van der Waals surface area contributed by atoms with E-state index < -0.39 is 0 Å². The Kier molecular flexibility index (Phi) is 5.05. The van der Waals surface area contributed by atoms with Crippen LogP contribution in [-0.4, -0.2) is 6.04 Å². The third kappa shape index (κ3) is 4.35. The van der Waals surface area contributed by atoms with Crippen molar-refractivity contribution < 1.29 is 4.39 Å². The Morgan fingerprint density at radius 2 is 1.89 bits per heavy atom. The normalized spacial score (nSPS) is 12.2. The molecule has 0 aliphatic rings. The molecular weight excluding hydrogens is 376 g/mol. The van der Waals surface area contributed by atoms with Crippen LogP contribution in [0, 0.1) is 9.39 Å². The van der Waals surface area contributed by atoms with Gasteiger partial charge in [0, 0.05) is 20.3 Å². The van der Waals surface area contributed by atoms with Gasteiger partial charge in [0.2, 0.25) is 0 Å². The fourth-order valence-corrected chi connectivity index (χ4v) is 2.66. The molecule has 0 aliphatic heterocycles. The lowest BCUT2D eigenvalue weighted by Crippen LogP contribution is -2.18. The Bertz CT molecular complexity index is 557. The van der Waals surface area contributed by atoms with Crippen LogP contribution in [0.1, 0.15) is 12.5 Å². The van der Waals surface area contributed by atoms with Gasteiger partial charge in [-0.05, 0) is 71.8 Å². The van der Waals surface area contributed by atoms with E-state index in [0.29, 0.717) is 0 Å². The van der Waals surface area contributed by atoms with Gasteiger partial charge >= 0.3 is 0 Å². The zero-order valence-corrected chi connectivity index (χ0v) is 13.4. The van der Waals surface area contributed by atoms with Crippen molar-refractivity contribution >= 4 is 39.9 Å². The fraction of sp³-hybridized carbons (Fsp3) is 0.200. The molecule has 0 aliphatic carbocycles. The van der Waals surface area contributed by atoms with Crippen molar-refractivity contribution in [1.82, 2.24) is 0 Å². The smallest absolute Gasteiger partial charge is 0.124 e. The molecule has 1 nitrogen and oxygen atoms in total. The Morgan fingerprint density at radius 1 is 1.21 bits per heavy atom. The van der Waals surface area contributed by atoms with Crippen LogP contribution in [0.5, 0.6) is 0 Å². The van der Waals surface area contributed by atoms with E-state index in [9.17, 15) is 4.39 Å². The van der Waals surface area contributed by atoms with E-state index >= 15 is 0 Å². The summed E-state index contributed by atoms with van der Waals surface area (Å²) in [5.74, 6) is -0.208. The van der Waals surface area contributed by atoms with Crippen LogP contribution in [0.4, 0.5) is 10.1 Å². The van der Waals surface area contributed by atoms with Gasteiger partial charge in [-0.3, -0.25) is 0 Å². The summed E-state index contributed by atoms with van der Waals surface area (Å²) in [5, 5.41) is 4.14. The van der Waals surface area contributed by atoms with Crippen molar-refractivity contribution in [1.29, 1.82) is 0 Å². The number of anilines is 1. The molecular formula is C15H14ClFIN. The summed E-state index contributed by atoms with van der Waals surface area (Å²) in [6, 6.07) is 12.9. The molecule has 0 heterocycles. The molecule has 4 heteroatoms. The Morgan fingerprint density at radius 3 is 2.53 bits per heavy atom. The SMILES string of the molecule is CC(Cc1ccc(Cl)cc1)Nc1ccc(F)cc1I. The molecule has 1 unspecified atom stereocenters. The second-order valence-corrected chi connectivity index (χ2v) is 6.10. The average molecular weight is 390 g/mol. The predicted octanol–water partition coefficient (Wildman–Crippen LogP) is 5.13. The van der Waals surface area contributed by atoms with Crippen LogP contribution < -0.4 is 5.32 Å². The van der Waals surface area contributed by atoms with Crippen molar-refractivity contribution in [3.63, 3.8) is 0 Å². The molecule has 0 fully saturated rings. The van der Waals surface area contributed by atoms with Crippen molar-refractivity contribution in [2.45, 2.75) is 19.4 Å². The molecule has 0 bridgehead atoms. The van der Waals surface area contributed by atoms with Gasteiger partial charge in [-0.1, -0.05) is 23.7 Å². The van der Waals surface area contributed by atoms with E-state index in [1.54, 1.807) is 6.07 Å². The first kappa shape index (κ1) is 14.6. The first-order valence-corrected chi connectivity index (χ1v) is 7.46. The minimum atomic E-state index is -0.208. The molecule has 0 aromatic heterocycles. The van der Waals surface area contributed by atoms with Gasteiger partial charge in [0.1, 0.15) is 5.82 Å². The third-order valence-electron chi connectivity index (χ3n) is 2.79. The number of rotatable bonds is 4. The Labute approximate surface area is 131 Å². The van der Waals surface area contributed by atoms with Crippen LogP contribution in [0.2, 0.25) is 5.02 Å². The van der Waals surface area contributed by atoms with Gasteiger partial charge in [0.05, 0.1) is 0 Å². The maximum Gasteiger partial charge on any atom is 0.124 e. The number of nitrogens with one attached hydrogen (secondary N) is 1. The second-order valence-electron chi connectivity index (χ2n) is 4.50. The lowest BCUT2D eigenvalue weighted by molar-refractivity contribution is 0.626. The summed E-state index contributed by atoms with van der Waals surface area (Å²) >= 11 is 8.00. The zero-order valence-electron chi connectivity index (χ0n) is 10.5. The van der Waals surface area contributed by atoms with Crippen LogP contribution in [0.25, 0.3) is 0 Å². The summed E-state index contributed by atoms with van der Waals surface area (Å²) in [7, 11) is 0. The summed E-state index contributed by atoms with van der Waals surface area (Å²) in [5.41, 5.74) is 2.19. The predicted molar refractivity (Wildman–Crippen MR) is 87.4 cm³/mol. The van der Waals surface area contributed by atoms with Crippen molar-refractivity contribution in [2.24, 2.45) is 0 Å². The first-order valence-electron chi connectivity index (χ1n) is 6.00. The Balaban J connectivity index is 2.01. The molecule has 2 aromatic carbocycles. The van der Waals surface area contributed by atoms with E-state index in [1.807, 2.05) is 24.3 Å². The summed E-state index contributed by atoms with van der Waals surface area (Å²) in [6.07, 6.45) is 0.893. The third-order valence-corrected chi connectivity index (χ3v) is 3.93. The van der Waals surface area contributed by atoms with Crippen molar-refractivity contribution in [3.8, 4) is 0 Å². The fourth-order valence-electron chi connectivity index (χ4n) is 1.90. The minimum absolute atomic E-state index is 0.208. The molecule has 0 amide bonds. The highest BCUT2D eigenvalue weighted by atomic mass is 127. The van der Waals surface area contributed by atoms with E-state index in [-0.39, 0.29) is 11.9 Å². The molecule has 0 saturated carbocycles. The van der Waals surface area contributed by atoms with Gasteiger partial charge in [0.15, 0.2) is 0 Å². The quantitative estimate of drug-likeness (QED) is 0.715. The van der Waals surface area contributed by atoms with Gasteiger partial charge in [-0.25, -0.2) is 4.39 Å². The zero-order chi connectivity index (χ0) is 13.8. The molecule has 100 valence electrons. The number of halogens is 3. The number of hydrogen-bond acceptors (Lipinski definition) is 1. The lowest BCUT2D eigenvalue weighted by Gasteiger charge is -2.16. The molecule has 0 radical (unpaired) electrons. The maximum atomic E-state index is 13.0. The summed E-state index contributed by atoms with van der Waals surface area (Å²) in [6.45, 7) is 2.11. The molecule has 2 aromatic rings. The van der Waals surface area contributed by atoms with Crippen LogP contribution >= 0.6 is 34.2 Å². The van der Waals surface area contributed by atoms with Crippen molar-refractivity contribution in [3.05, 3.63) is 62.4 Å². The van der Waals surface area contributed by atoms with E-state index in [1.165, 1.54) is 17.7 Å². The highest BCUT2D eigenvalue weighted by Crippen LogP contribution is 2.21. The number of benzene rings is 2. The van der Waals surface area contributed by atoms with Crippen LogP contribution in [-0.2, 0) is 6.42 Å². The van der Waals surface area contributed by atoms with Gasteiger partial charge in [-0.15, -0.1) is 0 Å². The summed E-state index contributed by atoms with van der Waals surface area (Å²) < 4.78 is 13.9. The highest BCUT2D eigenvalue weighted by Gasteiger charge is 2.07. The van der Waals surface area contributed by atoms with E-state index in [0.717, 1.165) is 20.7 Å². The molecule has 2 rings (SSSR count). The van der Waals surface area contributed by atoms with Gasteiger partial charge in [-0.2, -0.15) is 0 Å². The summed E-state index contributed by atoms with van der Waals surface area (Å²) in [4.78, 5) is 0. The maximum absolute atomic E-state index is 13.0. The minimum Gasteiger partial charge on any atom is -0.381 e. The monoisotopic (exact) mass is 389 g/mol. The largest absolute Gasteiger partial charge is 0.381 e. The van der Waals surface area contributed by atoms with Crippen LogP contribution in [0.3, 0.4) is 0 Å². The average Bonchev–Trinajstić information content (AvgIpc) is 2.36. The molecule has 19 heavy (non-hydrogen) atoms. The highest BCUT2D eigenvalue weighted by molar-refractivity contribution is 14.1. The first-order chi connectivity index (χ1) is 9.04. The number of hydrogen-bond donors (Lipinski definition) is 1. The van der Waals surface area contributed by atoms with Crippen molar-refractivity contribution in [2.75, 3.05) is 5.32 Å². The lowest BCUT2D eigenvalue weighted by atomic mass is 10.1. The standard InChI is InChI=1S/C15H14ClFIN/c1-10(8-11-2-4-12(16)5-3-11)19-15-7-6-13(17)9-14(15)18/h2-7,9-10,19H,8H2,1H3. The second kappa shape index (κ2) is 6.57. The molecule has 1 atom stereocenters. The van der Waals surface area contributed by atoms with E-state index in [2.05, 4.69) is 34.8 Å². The Hall–Kier alpha value is -0.810. The topological polar surface area (TPSA) is 12.0 Å². The van der Waals surface area contributed by atoms with E-state index in [4.69, 9.17) is 11.6 Å². The van der Waals surface area contributed by atoms with Gasteiger partial charge in [0.25, 0.3) is 0 Å². The van der Waals surface area contributed by atoms with Gasteiger partial charge < -0.3 is 5.32 Å². The molecule has 0 spiro atoms. The molecule has 0 saturated heterocycles. The van der Waals surface area contributed by atoms with Crippen LogP contribution in [0.15, 0.2) is 42.5 Å².